The number of rotatable bonds is 0. The van der Waals surface area contributed by atoms with E-state index < -0.39 is 10.1 Å². The zero-order chi connectivity index (χ0) is 11.5. The Labute approximate surface area is 85.7 Å². The Balaban J connectivity index is 0.000000195. The van der Waals surface area contributed by atoms with E-state index in [9.17, 15) is 8.42 Å². The molecule has 1 heterocycles. The Morgan fingerprint density at radius 2 is 1.87 bits per heavy atom. The third-order valence-corrected chi connectivity index (χ3v) is 1.33. The van der Waals surface area contributed by atoms with Gasteiger partial charge in [0, 0.05) is 0 Å². The molecule has 0 bridgehead atoms. The molecule has 82 valence electrons. The van der Waals surface area contributed by atoms with Gasteiger partial charge in [0.2, 0.25) is 0 Å². The second-order valence-corrected chi connectivity index (χ2v) is 4.17. The van der Waals surface area contributed by atoms with Gasteiger partial charge >= 0.3 is 0 Å². The first-order valence-electron chi connectivity index (χ1n) is 3.80. The van der Waals surface area contributed by atoms with Crippen LogP contribution in [0.1, 0.15) is 0 Å². The van der Waals surface area contributed by atoms with Crippen LogP contribution in [0.5, 0.6) is 0 Å². The molecule has 0 spiro atoms. The van der Waals surface area contributed by atoms with E-state index in [1.54, 1.807) is 12.1 Å². The molecule has 2 aromatic rings. The van der Waals surface area contributed by atoms with Crippen molar-refractivity contribution in [2.45, 2.75) is 0 Å². The Kier molecular flexibility index (Phi) is 3.22. The van der Waals surface area contributed by atoms with Crippen LogP contribution in [-0.2, 0) is 10.1 Å². The number of nitrogens with zero attached hydrogens (tertiary/aromatic N) is 3. The fourth-order valence-electron chi connectivity index (χ4n) is 0.857. The largest absolute Gasteiger partial charge is 0.410 e. The van der Waals surface area contributed by atoms with Gasteiger partial charge in [-0.3, -0.25) is 4.55 Å². The molecular formula is C7H9N3O4S. The van der Waals surface area contributed by atoms with Crippen molar-refractivity contribution in [1.29, 1.82) is 0 Å². The molecule has 7 nitrogen and oxygen atoms in total. The lowest BCUT2D eigenvalue weighted by molar-refractivity contribution is 0.155. The second-order valence-electron chi connectivity index (χ2n) is 2.70. The molecule has 0 saturated heterocycles. The fourth-order valence-corrected chi connectivity index (χ4v) is 0.857. The van der Waals surface area contributed by atoms with Gasteiger partial charge < -0.3 is 5.21 Å². The first-order chi connectivity index (χ1) is 6.88. The molecule has 0 unspecified atom stereocenters. The molecule has 1 aromatic carbocycles. The number of para-hydroxylation sites is 1. The average molecular weight is 231 g/mol. The third-order valence-electron chi connectivity index (χ3n) is 1.33. The van der Waals surface area contributed by atoms with Crippen molar-refractivity contribution in [3.63, 3.8) is 0 Å². The molecule has 0 aliphatic carbocycles. The highest BCUT2D eigenvalue weighted by Gasteiger charge is 1.98. The predicted octanol–water partition coefficient (Wildman–Crippen LogP) is 0.173. The van der Waals surface area contributed by atoms with Gasteiger partial charge in [-0.05, 0) is 17.3 Å². The van der Waals surface area contributed by atoms with Crippen LogP contribution in [0.15, 0.2) is 24.3 Å². The number of benzene rings is 1. The molecule has 0 radical (unpaired) electrons. The van der Waals surface area contributed by atoms with Crippen molar-refractivity contribution in [3.8, 4) is 0 Å². The Morgan fingerprint density at radius 1 is 1.33 bits per heavy atom. The summed E-state index contributed by atoms with van der Waals surface area (Å²) >= 11 is 0. The lowest BCUT2D eigenvalue weighted by Gasteiger charge is -1.85. The van der Waals surface area contributed by atoms with E-state index in [0.717, 1.165) is 4.85 Å². The van der Waals surface area contributed by atoms with Crippen LogP contribution in [0, 0.1) is 0 Å². The summed E-state index contributed by atoms with van der Waals surface area (Å²) in [5.74, 6) is 0. The Hall–Kier alpha value is -1.67. The molecule has 2 N–H and O–H groups in total. The van der Waals surface area contributed by atoms with E-state index >= 15 is 0 Å². The van der Waals surface area contributed by atoms with Crippen molar-refractivity contribution >= 4 is 21.2 Å². The smallest absolute Gasteiger partial charge is 0.261 e. The van der Waals surface area contributed by atoms with Crippen LogP contribution < -0.4 is 0 Å². The molecule has 0 atom stereocenters. The van der Waals surface area contributed by atoms with E-state index in [1.807, 2.05) is 12.1 Å². The van der Waals surface area contributed by atoms with E-state index in [-0.39, 0.29) is 0 Å². The molecular weight excluding hydrogens is 222 g/mol. The van der Waals surface area contributed by atoms with Gasteiger partial charge in [0.1, 0.15) is 11.0 Å². The van der Waals surface area contributed by atoms with Crippen molar-refractivity contribution in [1.82, 2.24) is 15.2 Å². The summed E-state index contributed by atoms with van der Waals surface area (Å²) in [5, 5.41) is 16.1. The van der Waals surface area contributed by atoms with Crippen molar-refractivity contribution < 1.29 is 18.2 Å². The normalized spacial score (nSPS) is 10.8. The van der Waals surface area contributed by atoms with Gasteiger partial charge in [-0.25, -0.2) is 0 Å². The third kappa shape index (κ3) is 3.92. The first-order valence-corrected chi connectivity index (χ1v) is 5.65. The Bertz CT molecular complexity index is 540. The van der Waals surface area contributed by atoms with E-state index in [2.05, 4.69) is 10.3 Å². The van der Waals surface area contributed by atoms with Crippen molar-refractivity contribution in [2.24, 2.45) is 0 Å². The summed E-state index contributed by atoms with van der Waals surface area (Å²) in [6.07, 6.45) is 0.715. The summed E-state index contributed by atoms with van der Waals surface area (Å²) in [6.45, 7) is 0. The van der Waals surface area contributed by atoms with Gasteiger partial charge in [0.05, 0.1) is 6.26 Å². The van der Waals surface area contributed by atoms with Crippen LogP contribution in [-0.4, -0.2) is 39.6 Å². The maximum atomic E-state index is 9.19. The SMILES string of the molecule is CS(=O)(=O)O.On1nnc2ccccc21. The molecule has 0 saturated carbocycles. The molecule has 0 fully saturated rings. The Morgan fingerprint density at radius 3 is 2.40 bits per heavy atom. The quantitative estimate of drug-likeness (QED) is 0.494. The van der Waals surface area contributed by atoms with Crippen molar-refractivity contribution in [3.05, 3.63) is 24.3 Å². The monoisotopic (exact) mass is 231 g/mol. The van der Waals surface area contributed by atoms with E-state index in [1.165, 1.54) is 0 Å². The first kappa shape index (κ1) is 11.4. The lowest BCUT2D eigenvalue weighted by Crippen LogP contribution is -1.90. The van der Waals surface area contributed by atoms with Gasteiger partial charge in [-0.1, -0.05) is 17.0 Å². The van der Waals surface area contributed by atoms with Gasteiger partial charge in [-0.2, -0.15) is 8.42 Å². The zero-order valence-corrected chi connectivity index (χ0v) is 8.59. The summed E-state index contributed by atoms with van der Waals surface area (Å²) in [4.78, 5) is 0.759. The maximum absolute atomic E-state index is 9.19. The standard InChI is InChI=1S/C6H5N3O.CH4O3S/c10-9-6-4-2-1-3-5(6)7-8-9;1-5(2,3)4/h1-4,10H;1H3,(H,2,3,4). The topological polar surface area (TPSA) is 105 Å². The summed E-state index contributed by atoms with van der Waals surface area (Å²) in [5.41, 5.74) is 1.33. The van der Waals surface area contributed by atoms with E-state index in [0.29, 0.717) is 17.3 Å². The number of fused-ring (bicyclic) bond motifs is 1. The maximum Gasteiger partial charge on any atom is 0.261 e. The molecule has 0 aliphatic heterocycles. The minimum Gasteiger partial charge on any atom is -0.410 e. The van der Waals surface area contributed by atoms with Crippen LogP contribution in [0.4, 0.5) is 0 Å². The van der Waals surface area contributed by atoms with Crippen LogP contribution >= 0.6 is 0 Å². The van der Waals surface area contributed by atoms with Gasteiger partial charge in [-0.15, -0.1) is 5.10 Å². The van der Waals surface area contributed by atoms with Crippen LogP contribution in [0.2, 0.25) is 0 Å². The molecule has 0 amide bonds. The summed E-state index contributed by atoms with van der Waals surface area (Å²) in [6, 6.07) is 7.19. The van der Waals surface area contributed by atoms with Gasteiger partial charge in [0.25, 0.3) is 10.1 Å². The highest BCUT2D eigenvalue weighted by Crippen LogP contribution is 2.06. The van der Waals surface area contributed by atoms with Crippen LogP contribution in [0.3, 0.4) is 0 Å². The molecule has 8 heteroatoms. The lowest BCUT2D eigenvalue weighted by atomic mass is 10.3. The van der Waals surface area contributed by atoms with Crippen LogP contribution in [0.25, 0.3) is 11.0 Å². The average Bonchev–Trinajstić information content (AvgIpc) is 2.46. The number of hydrogen-bond acceptors (Lipinski definition) is 5. The minimum atomic E-state index is -3.67. The highest BCUT2D eigenvalue weighted by atomic mass is 32.2. The van der Waals surface area contributed by atoms with Gasteiger partial charge in [0.15, 0.2) is 0 Å². The minimum absolute atomic E-state index is 0.627. The molecule has 1 aromatic heterocycles. The highest BCUT2D eigenvalue weighted by molar-refractivity contribution is 7.85. The predicted molar refractivity (Wildman–Crippen MR) is 52.2 cm³/mol. The fraction of sp³-hybridized carbons (Fsp3) is 0.143. The number of aromatic nitrogens is 3. The second kappa shape index (κ2) is 4.24. The number of hydrogen-bond donors (Lipinski definition) is 2. The van der Waals surface area contributed by atoms with E-state index in [4.69, 9.17) is 9.76 Å². The van der Waals surface area contributed by atoms with Crippen molar-refractivity contribution in [2.75, 3.05) is 6.26 Å². The zero-order valence-electron chi connectivity index (χ0n) is 7.77. The molecule has 2 rings (SSSR count). The summed E-state index contributed by atoms with van der Waals surface area (Å²) in [7, 11) is -3.67. The summed E-state index contributed by atoms with van der Waals surface area (Å²) < 4.78 is 25.9. The molecule has 15 heavy (non-hydrogen) atoms. The molecule has 0 aliphatic rings.